The van der Waals surface area contributed by atoms with Crippen molar-refractivity contribution in [1.29, 1.82) is 5.26 Å². The Morgan fingerprint density at radius 2 is 1.76 bits per heavy atom. The highest BCUT2D eigenvalue weighted by Crippen LogP contribution is 2.24. The first kappa shape index (κ1) is 20.1. The number of nitriles is 1. The van der Waals surface area contributed by atoms with E-state index < -0.39 is 5.56 Å². The molecule has 0 amide bonds. The Bertz CT molecular complexity index is 1120. The van der Waals surface area contributed by atoms with Crippen LogP contribution in [0, 0.1) is 18.3 Å². The maximum atomic E-state index is 12.5. The van der Waals surface area contributed by atoms with Gasteiger partial charge in [0.1, 0.15) is 11.6 Å². The highest BCUT2D eigenvalue weighted by Gasteiger charge is 2.17. The van der Waals surface area contributed by atoms with E-state index in [1.807, 2.05) is 67.6 Å². The molecule has 0 spiro atoms. The molecule has 0 unspecified atom stereocenters. The van der Waals surface area contributed by atoms with Crippen molar-refractivity contribution in [2.45, 2.75) is 33.2 Å². The Labute approximate surface area is 170 Å². The number of aromatic nitrogens is 1. The van der Waals surface area contributed by atoms with E-state index in [-0.39, 0.29) is 11.4 Å². The van der Waals surface area contributed by atoms with E-state index in [1.165, 1.54) is 10.8 Å². The Morgan fingerprint density at radius 1 is 1.10 bits per heavy atom. The van der Waals surface area contributed by atoms with Crippen molar-refractivity contribution in [3.63, 3.8) is 0 Å². The molecule has 0 saturated carbocycles. The summed E-state index contributed by atoms with van der Waals surface area (Å²) in [7, 11) is 0. The quantitative estimate of drug-likeness (QED) is 0.610. The highest BCUT2D eigenvalue weighted by molar-refractivity contribution is 5.87. The van der Waals surface area contributed by atoms with Gasteiger partial charge in [-0.2, -0.15) is 5.26 Å². The van der Waals surface area contributed by atoms with Crippen molar-refractivity contribution in [3.8, 4) is 23.1 Å². The number of rotatable bonds is 6. The first-order valence-electron chi connectivity index (χ1n) is 9.62. The summed E-state index contributed by atoms with van der Waals surface area (Å²) in [4.78, 5) is 16.9. The van der Waals surface area contributed by atoms with Crippen molar-refractivity contribution < 1.29 is 5.11 Å². The monoisotopic (exact) mass is 385 g/mol. The van der Waals surface area contributed by atoms with E-state index in [0.29, 0.717) is 23.4 Å². The van der Waals surface area contributed by atoms with Gasteiger partial charge < -0.3 is 5.11 Å². The summed E-state index contributed by atoms with van der Waals surface area (Å²) in [6.07, 6.45) is 3.13. The van der Waals surface area contributed by atoms with E-state index >= 15 is 0 Å². The molecule has 3 rings (SSSR count). The summed E-state index contributed by atoms with van der Waals surface area (Å²) >= 11 is 0. The number of unbranched alkanes of at least 4 members (excludes halogenated alkanes) is 1. The number of benzene rings is 2. The van der Waals surface area contributed by atoms with E-state index in [1.54, 1.807) is 6.92 Å². The molecule has 0 saturated heterocycles. The van der Waals surface area contributed by atoms with Crippen molar-refractivity contribution in [3.05, 3.63) is 81.6 Å². The number of hydrogen-bond acceptors (Lipinski definition) is 4. The molecule has 1 heterocycles. The van der Waals surface area contributed by atoms with Crippen LogP contribution in [0.5, 0.6) is 5.88 Å². The van der Waals surface area contributed by atoms with Crippen molar-refractivity contribution in [2.75, 3.05) is 0 Å². The van der Waals surface area contributed by atoms with Gasteiger partial charge in [-0.3, -0.25) is 14.4 Å². The lowest BCUT2D eigenvalue weighted by atomic mass is 10.1. The summed E-state index contributed by atoms with van der Waals surface area (Å²) in [5.41, 5.74) is 3.34. The summed E-state index contributed by atoms with van der Waals surface area (Å²) in [6.45, 7) is 4.02. The van der Waals surface area contributed by atoms with Gasteiger partial charge in [-0.15, -0.1) is 0 Å². The van der Waals surface area contributed by atoms with Gasteiger partial charge in [-0.05, 0) is 42.2 Å². The van der Waals surface area contributed by atoms with Crippen LogP contribution < -0.4 is 5.56 Å². The van der Waals surface area contributed by atoms with Crippen LogP contribution in [0.15, 0.2) is 64.4 Å². The molecule has 0 aliphatic rings. The van der Waals surface area contributed by atoms with Crippen LogP contribution in [-0.2, 0) is 6.54 Å². The largest absolute Gasteiger partial charge is 0.494 e. The van der Waals surface area contributed by atoms with E-state index in [4.69, 9.17) is 0 Å². The molecule has 3 aromatic rings. The summed E-state index contributed by atoms with van der Waals surface area (Å²) in [6, 6.07) is 19.8. The Kier molecular flexibility index (Phi) is 6.25. The number of aliphatic imine (C=N–C) groups is 1. The topological polar surface area (TPSA) is 78.4 Å². The molecule has 0 radical (unpaired) electrons. The fraction of sp³-hybridized carbons (Fsp3) is 0.208. The van der Waals surface area contributed by atoms with Crippen molar-refractivity contribution in [1.82, 2.24) is 4.57 Å². The van der Waals surface area contributed by atoms with Crippen LogP contribution in [0.3, 0.4) is 0 Å². The maximum absolute atomic E-state index is 12.5. The number of nitrogens with zero attached hydrogens (tertiary/aromatic N) is 3. The van der Waals surface area contributed by atoms with Crippen LogP contribution >= 0.6 is 0 Å². The molecule has 0 atom stereocenters. The second-order valence-electron chi connectivity index (χ2n) is 6.83. The third-order valence-corrected chi connectivity index (χ3v) is 4.90. The number of aromatic hydroxyl groups is 1. The van der Waals surface area contributed by atoms with Gasteiger partial charge in [-0.25, -0.2) is 0 Å². The predicted molar refractivity (Wildman–Crippen MR) is 116 cm³/mol. The van der Waals surface area contributed by atoms with E-state index in [9.17, 15) is 15.2 Å². The van der Waals surface area contributed by atoms with Crippen LogP contribution in [0.2, 0.25) is 0 Å². The summed E-state index contributed by atoms with van der Waals surface area (Å²) in [5, 5.41) is 20.0. The highest BCUT2D eigenvalue weighted by atomic mass is 16.3. The molecule has 1 N–H and O–H groups in total. The normalized spacial score (nSPS) is 10.9. The lowest BCUT2D eigenvalue weighted by Crippen LogP contribution is -2.25. The molecule has 0 aliphatic carbocycles. The maximum Gasteiger partial charge on any atom is 0.271 e. The smallest absolute Gasteiger partial charge is 0.271 e. The second kappa shape index (κ2) is 9.03. The van der Waals surface area contributed by atoms with Crippen LogP contribution in [-0.4, -0.2) is 15.9 Å². The first-order chi connectivity index (χ1) is 14.1. The Balaban J connectivity index is 1.96. The van der Waals surface area contributed by atoms with Gasteiger partial charge >= 0.3 is 0 Å². The van der Waals surface area contributed by atoms with Crippen molar-refractivity contribution in [2.24, 2.45) is 4.99 Å². The zero-order valence-electron chi connectivity index (χ0n) is 16.6. The van der Waals surface area contributed by atoms with Gasteiger partial charge in [0.15, 0.2) is 0 Å². The molecule has 29 heavy (non-hydrogen) atoms. The number of pyridine rings is 1. The zero-order chi connectivity index (χ0) is 20.8. The predicted octanol–water partition coefficient (Wildman–Crippen LogP) is 4.95. The third-order valence-electron chi connectivity index (χ3n) is 4.90. The van der Waals surface area contributed by atoms with Gasteiger partial charge in [-0.1, -0.05) is 55.8 Å². The van der Waals surface area contributed by atoms with Gasteiger partial charge in [0.2, 0.25) is 5.88 Å². The standard InChI is InChI=1S/C24H23N3O2/c1-3-4-14-27-23(28)21(15-25)17(2)22(24(27)29)16-26-20-12-10-19(11-13-20)18-8-6-5-7-9-18/h5-13,16,29H,3-4,14H2,1-2H3. The molecule has 2 aromatic carbocycles. The van der Waals surface area contributed by atoms with Crippen LogP contribution in [0.1, 0.15) is 36.5 Å². The molecule has 0 bridgehead atoms. The average molecular weight is 385 g/mol. The Hall–Kier alpha value is -3.65. The average Bonchev–Trinajstić information content (AvgIpc) is 2.75. The van der Waals surface area contributed by atoms with E-state index in [2.05, 4.69) is 4.99 Å². The molecule has 0 aliphatic heterocycles. The second-order valence-corrected chi connectivity index (χ2v) is 6.83. The van der Waals surface area contributed by atoms with Crippen LogP contribution in [0.4, 0.5) is 5.69 Å². The third kappa shape index (κ3) is 4.27. The minimum absolute atomic E-state index is 0.0415. The number of hydrogen-bond donors (Lipinski definition) is 1. The Morgan fingerprint density at radius 3 is 2.38 bits per heavy atom. The van der Waals surface area contributed by atoms with Crippen LogP contribution in [0.25, 0.3) is 11.1 Å². The van der Waals surface area contributed by atoms with E-state index in [0.717, 1.165) is 24.0 Å². The lowest BCUT2D eigenvalue weighted by molar-refractivity contribution is 0.400. The van der Waals surface area contributed by atoms with Gasteiger partial charge in [0.05, 0.1) is 11.3 Å². The fourth-order valence-corrected chi connectivity index (χ4v) is 3.16. The minimum atomic E-state index is -0.458. The first-order valence-corrected chi connectivity index (χ1v) is 9.62. The van der Waals surface area contributed by atoms with Crippen molar-refractivity contribution >= 4 is 11.9 Å². The molecule has 146 valence electrons. The fourth-order valence-electron chi connectivity index (χ4n) is 3.16. The zero-order valence-corrected chi connectivity index (χ0v) is 16.6. The molecule has 5 heteroatoms. The molecule has 1 aromatic heterocycles. The molecular formula is C24H23N3O2. The lowest BCUT2D eigenvalue weighted by Gasteiger charge is -2.13. The molecule has 0 fully saturated rings. The molecule has 5 nitrogen and oxygen atoms in total. The SMILES string of the molecule is CCCCn1c(O)c(C=Nc2ccc(-c3ccccc3)cc2)c(C)c(C#N)c1=O. The molecular weight excluding hydrogens is 362 g/mol. The summed E-state index contributed by atoms with van der Waals surface area (Å²) in [5.74, 6) is -0.149. The minimum Gasteiger partial charge on any atom is -0.494 e. The van der Waals surface area contributed by atoms with Gasteiger partial charge in [0.25, 0.3) is 5.56 Å². The van der Waals surface area contributed by atoms with Gasteiger partial charge in [0, 0.05) is 12.8 Å². The summed E-state index contributed by atoms with van der Waals surface area (Å²) < 4.78 is 1.26.